The fourth-order valence-electron chi connectivity index (χ4n) is 4.53. The molecule has 6 heteroatoms. The van der Waals surface area contributed by atoms with Gasteiger partial charge in [-0.2, -0.15) is 0 Å². The van der Waals surface area contributed by atoms with Crippen molar-refractivity contribution in [3.05, 3.63) is 117 Å². The van der Waals surface area contributed by atoms with Crippen LogP contribution in [0.4, 0.5) is 0 Å². The number of H-pyrrole nitrogens is 1. The number of benzene rings is 1. The van der Waals surface area contributed by atoms with Crippen LogP contribution in [-0.4, -0.2) is 31.0 Å². The Labute approximate surface area is 187 Å². The van der Waals surface area contributed by atoms with E-state index in [1.165, 1.54) is 16.7 Å². The summed E-state index contributed by atoms with van der Waals surface area (Å²) in [6, 6.07) is 16.3. The number of aromatic amines is 1. The van der Waals surface area contributed by atoms with Crippen molar-refractivity contribution >= 4 is 0 Å². The fraction of sp³-hybridized carbons (Fsp3) is 0.269. The van der Waals surface area contributed by atoms with Gasteiger partial charge in [-0.25, -0.2) is 4.98 Å². The summed E-state index contributed by atoms with van der Waals surface area (Å²) in [5.74, 6) is 0.968. The molecule has 0 saturated carbocycles. The van der Waals surface area contributed by atoms with Crippen molar-refractivity contribution in [2.24, 2.45) is 0 Å². The number of rotatable bonds is 6. The third kappa shape index (κ3) is 4.27. The summed E-state index contributed by atoms with van der Waals surface area (Å²) < 4.78 is 1.95. The average molecular weight is 426 g/mol. The van der Waals surface area contributed by atoms with Crippen LogP contribution in [0.3, 0.4) is 0 Å². The number of imidazole rings is 1. The van der Waals surface area contributed by atoms with Crippen molar-refractivity contribution in [2.45, 2.75) is 39.4 Å². The summed E-state index contributed by atoms with van der Waals surface area (Å²) in [5, 5.41) is 0. The van der Waals surface area contributed by atoms with Gasteiger partial charge < -0.3 is 9.55 Å². The summed E-state index contributed by atoms with van der Waals surface area (Å²) in [6.45, 7) is 5.08. The Bertz CT molecular complexity index is 1260. The first kappa shape index (κ1) is 20.4. The van der Waals surface area contributed by atoms with Gasteiger partial charge in [-0.1, -0.05) is 30.3 Å². The monoisotopic (exact) mass is 425 g/mol. The van der Waals surface area contributed by atoms with Crippen LogP contribution in [0.5, 0.6) is 0 Å². The third-order valence-electron chi connectivity index (χ3n) is 6.24. The highest BCUT2D eigenvalue weighted by molar-refractivity contribution is 5.35. The van der Waals surface area contributed by atoms with Crippen molar-refractivity contribution in [2.75, 3.05) is 6.54 Å². The predicted molar refractivity (Wildman–Crippen MR) is 124 cm³/mol. The van der Waals surface area contributed by atoms with Crippen LogP contribution in [0.1, 0.15) is 39.5 Å². The molecule has 0 aliphatic carbocycles. The van der Waals surface area contributed by atoms with Gasteiger partial charge in [0.25, 0.3) is 5.56 Å². The zero-order valence-electron chi connectivity index (χ0n) is 18.3. The Morgan fingerprint density at radius 3 is 2.66 bits per heavy atom. The van der Waals surface area contributed by atoms with E-state index in [-0.39, 0.29) is 5.56 Å². The van der Waals surface area contributed by atoms with E-state index in [9.17, 15) is 4.79 Å². The van der Waals surface area contributed by atoms with Crippen LogP contribution in [0.25, 0.3) is 0 Å². The van der Waals surface area contributed by atoms with Gasteiger partial charge in [-0.3, -0.25) is 14.7 Å². The number of nitrogens with zero attached hydrogens (tertiary/aromatic N) is 4. The molecule has 1 aliphatic heterocycles. The topological polar surface area (TPSA) is 66.8 Å². The first-order chi connectivity index (χ1) is 15.7. The molecule has 3 aromatic heterocycles. The summed E-state index contributed by atoms with van der Waals surface area (Å²) in [6.07, 6.45) is 6.91. The number of nitrogens with one attached hydrogen (secondary N) is 1. The Hall–Kier alpha value is -3.51. The lowest BCUT2D eigenvalue weighted by Gasteiger charge is -2.30. The van der Waals surface area contributed by atoms with Crippen molar-refractivity contribution in [1.82, 2.24) is 24.4 Å². The Morgan fingerprint density at radius 1 is 1.00 bits per heavy atom. The molecule has 1 aromatic carbocycles. The van der Waals surface area contributed by atoms with Crippen LogP contribution >= 0.6 is 0 Å². The molecule has 0 bridgehead atoms. The lowest BCUT2D eigenvalue weighted by atomic mass is 9.97. The summed E-state index contributed by atoms with van der Waals surface area (Å²) >= 11 is 0. The summed E-state index contributed by atoms with van der Waals surface area (Å²) in [7, 11) is 0. The lowest BCUT2D eigenvalue weighted by molar-refractivity contribution is 0.235. The van der Waals surface area contributed by atoms with Crippen LogP contribution < -0.4 is 5.56 Å². The first-order valence-corrected chi connectivity index (χ1v) is 11.1. The highest BCUT2D eigenvalue weighted by Crippen LogP contribution is 2.22. The largest absolute Gasteiger partial charge is 0.348 e. The molecule has 5 rings (SSSR count). The molecular weight excluding hydrogens is 398 g/mol. The average Bonchev–Trinajstić information content (AvgIpc) is 3.32. The molecule has 0 amide bonds. The van der Waals surface area contributed by atoms with Gasteiger partial charge in [0.15, 0.2) is 0 Å². The predicted octanol–water partition coefficient (Wildman–Crippen LogP) is 3.47. The molecule has 0 atom stereocenters. The number of aromatic nitrogens is 4. The molecule has 162 valence electrons. The van der Waals surface area contributed by atoms with Crippen LogP contribution in [0.15, 0.2) is 71.9 Å². The Kier molecular flexibility index (Phi) is 5.69. The quantitative estimate of drug-likeness (QED) is 0.514. The van der Waals surface area contributed by atoms with Crippen molar-refractivity contribution in [3.63, 3.8) is 0 Å². The standard InChI is InChI=1S/C26H27N5O/c1-19-6-2-3-7-20(19)14-21-15-22-16-30(18-25-28-11-12-29-25)13-9-24(22)31(26(21)32)17-23-8-4-5-10-27-23/h2-8,10-12,15H,9,13-14,16-18H2,1H3,(H,28,29). The van der Waals surface area contributed by atoms with Crippen molar-refractivity contribution in [1.29, 1.82) is 0 Å². The second-order valence-electron chi connectivity index (χ2n) is 8.45. The summed E-state index contributed by atoms with van der Waals surface area (Å²) in [4.78, 5) is 28.0. The molecular formula is C26H27N5O. The minimum absolute atomic E-state index is 0.0946. The molecule has 1 aliphatic rings. The molecule has 0 fully saturated rings. The van der Waals surface area contributed by atoms with Crippen LogP contribution in [0.2, 0.25) is 0 Å². The van der Waals surface area contributed by atoms with E-state index in [1.807, 2.05) is 41.1 Å². The number of hydrogen-bond donors (Lipinski definition) is 1. The minimum atomic E-state index is 0.0946. The smallest absolute Gasteiger partial charge is 0.254 e. The fourth-order valence-corrected chi connectivity index (χ4v) is 4.53. The molecule has 0 saturated heterocycles. The maximum Gasteiger partial charge on any atom is 0.254 e. The van der Waals surface area contributed by atoms with E-state index in [0.29, 0.717) is 13.0 Å². The van der Waals surface area contributed by atoms with E-state index >= 15 is 0 Å². The number of hydrogen-bond acceptors (Lipinski definition) is 4. The second-order valence-corrected chi connectivity index (χ2v) is 8.45. The normalized spacial score (nSPS) is 13.8. The highest BCUT2D eigenvalue weighted by atomic mass is 16.1. The van der Waals surface area contributed by atoms with Gasteiger partial charge in [-0.05, 0) is 41.8 Å². The van der Waals surface area contributed by atoms with Gasteiger partial charge in [0.05, 0.1) is 18.8 Å². The van der Waals surface area contributed by atoms with E-state index in [1.54, 1.807) is 12.4 Å². The van der Waals surface area contributed by atoms with E-state index in [2.05, 4.69) is 45.0 Å². The van der Waals surface area contributed by atoms with Crippen LogP contribution in [-0.2, 0) is 32.5 Å². The zero-order valence-corrected chi connectivity index (χ0v) is 18.3. The summed E-state index contributed by atoms with van der Waals surface area (Å²) in [5.41, 5.74) is 6.60. The molecule has 4 heterocycles. The SMILES string of the molecule is Cc1ccccc1Cc1cc2c(n(Cc3ccccn3)c1=O)CCN(Cc1ncc[nH]1)C2. The second kappa shape index (κ2) is 8.93. The van der Waals surface area contributed by atoms with Gasteiger partial charge >= 0.3 is 0 Å². The Balaban J connectivity index is 1.53. The molecule has 32 heavy (non-hydrogen) atoms. The van der Waals surface area contributed by atoms with E-state index in [0.717, 1.165) is 48.8 Å². The van der Waals surface area contributed by atoms with E-state index in [4.69, 9.17) is 0 Å². The molecule has 4 aromatic rings. The molecule has 0 spiro atoms. The highest BCUT2D eigenvalue weighted by Gasteiger charge is 2.23. The van der Waals surface area contributed by atoms with Crippen LogP contribution in [0, 0.1) is 6.92 Å². The third-order valence-corrected chi connectivity index (χ3v) is 6.24. The first-order valence-electron chi connectivity index (χ1n) is 11.1. The molecule has 0 radical (unpaired) electrons. The van der Waals surface area contributed by atoms with Gasteiger partial charge in [-0.15, -0.1) is 0 Å². The van der Waals surface area contributed by atoms with Crippen molar-refractivity contribution < 1.29 is 0 Å². The molecule has 6 nitrogen and oxygen atoms in total. The minimum Gasteiger partial charge on any atom is -0.348 e. The zero-order chi connectivity index (χ0) is 21.9. The maximum absolute atomic E-state index is 13.6. The van der Waals surface area contributed by atoms with Crippen molar-refractivity contribution in [3.8, 4) is 0 Å². The number of aryl methyl sites for hydroxylation is 1. The number of fused-ring (bicyclic) bond motifs is 1. The maximum atomic E-state index is 13.6. The Morgan fingerprint density at radius 2 is 1.88 bits per heavy atom. The number of pyridine rings is 2. The van der Waals surface area contributed by atoms with Gasteiger partial charge in [0.1, 0.15) is 5.82 Å². The van der Waals surface area contributed by atoms with E-state index < -0.39 is 0 Å². The van der Waals surface area contributed by atoms with Gasteiger partial charge in [0, 0.05) is 55.8 Å². The lowest BCUT2D eigenvalue weighted by Crippen LogP contribution is -2.37. The molecule has 0 unspecified atom stereocenters. The molecule has 1 N–H and O–H groups in total. The van der Waals surface area contributed by atoms with Gasteiger partial charge in [0.2, 0.25) is 0 Å².